The minimum absolute atomic E-state index is 0.306. The Bertz CT molecular complexity index is 1180. The molecule has 4 heteroatoms. The standard InChI is InChI=1S/C23H16N3O/c24-25-15-22(27)20-14-21(17-10-5-2-6-11-17)26-23-18(12-7-13-19(20)23)16-8-3-1-4-9-16/h1-15,24H/q+1. The molecule has 0 saturated heterocycles. The smallest absolute Gasteiger partial charge is 0.281 e. The minimum Gasteiger partial charge on any atom is -0.281 e. The second-order valence-corrected chi connectivity index (χ2v) is 6.11. The normalized spacial score (nSPS) is 10.4. The molecule has 0 saturated carbocycles. The lowest BCUT2D eigenvalue weighted by Gasteiger charge is -2.11. The van der Waals surface area contributed by atoms with Crippen LogP contribution in [-0.2, 0) is 0 Å². The summed E-state index contributed by atoms with van der Waals surface area (Å²) in [6, 6.07) is 27.3. The Morgan fingerprint density at radius 2 is 1.52 bits per heavy atom. The van der Waals surface area contributed by atoms with Gasteiger partial charge in [0.1, 0.15) is 0 Å². The molecular formula is C23H16N3O+. The molecule has 0 bridgehead atoms. The van der Waals surface area contributed by atoms with Crippen molar-refractivity contribution in [2.45, 2.75) is 0 Å². The number of para-hydroxylation sites is 1. The van der Waals surface area contributed by atoms with E-state index < -0.39 is 0 Å². The first-order valence-corrected chi connectivity index (χ1v) is 8.56. The number of Topliss-reactive ketones (excluding diaryl/α,β-unsaturated/α-hetero) is 1. The number of carbonyl (C=O) groups is 1. The van der Waals surface area contributed by atoms with Gasteiger partial charge in [0.25, 0.3) is 5.78 Å². The van der Waals surface area contributed by atoms with Gasteiger partial charge in [-0.3, -0.25) is 4.79 Å². The Morgan fingerprint density at radius 1 is 0.852 bits per heavy atom. The van der Waals surface area contributed by atoms with Crippen molar-refractivity contribution < 1.29 is 9.58 Å². The molecule has 27 heavy (non-hydrogen) atoms. The summed E-state index contributed by atoms with van der Waals surface area (Å²) in [6.07, 6.45) is 1.03. The van der Waals surface area contributed by atoms with Gasteiger partial charge >= 0.3 is 6.21 Å². The lowest BCUT2D eigenvalue weighted by molar-refractivity contribution is -0.111. The van der Waals surface area contributed by atoms with Crippen molar-refractivity contribution in [3.63, 3.8) is 0 Å². The number of carbonyl (C=O) groups excluding carboxylic acids is 1. The summed E-state index contributed by atoms with van der Waals surface area (Å²) in [4.78, 5) is 20.6. The van der Waals surface area contributed by atoms with Crippen LogP contribution in [0.1, 0.15) is 10.4 Å². The Kier molecular flexibility index (Phi) is 4.40. The fraction of sp³-hybridized carbons (Fsp3) is 0. The van der Waals surface area contributed by atoms with Crippen molar-refractivity contribution in [3.8, 4) is 22.4 Å². The third-order valence-electron chi connectivity index (χ3n) is 4.44. The van der Waals surface area contributed by atoms with E-state index in [0.717, 1.165) is 33.8 Å². The van der Waals surface area contributed by atoms with Crippen LogP contribution in [0.15, 0.2) is 84.9 Å². The van der Waals surface area contributed by atoms with Crippen molar-refractivity contribution in [1.29, 1.82) is 5.53 Å². The third-order valence-corrected chi connectivity index (χ3v) is 4.44. The van der Waals surface area contributed by atoms with Crippen molar-refractivity contribution in [1.82, 2.24) is 4.98 Å². The highest BCUT2D eigenvalue weighted by Crippen LogP contribution is 2.32. The van der Waals surface area contributed by atoms with Crippen molar-refractivity contribution in [2.75, 3.05) is 0 Å². The first-order valence-electron chi connectivity index (χ1n) is 8.56. The molecule has 4 nitrogen and oxygen atoms in total. The van der Waals surface area contributed by atoms with E-state index >= 15 is 0 Å². The molecule has 3 aromatic carbocycles. The predicted molar refractivity (Wildman–Crippen MR) is 106 cm³/mol. The number of fused-ring (bicyclic) bond motifs is 1. The first kappa shape index (κ1) is 16.6. The Hall–Kier alpha value is -3.88. The molecule has 0 spiro atoms. The van der Waals surface area contributed by atoms with Crippen molar-refractivity contribution in [2.24, 2.45) is 0 Å². The van der Waals surface area contributed by atoms with Crippen LogP contribution in [-0.4, -0.2) is 21.8 Å². The quantitative estimate of drug-likeness (QED) is 0.242. The van der Waals surface area contributed by atoms with E-state index in [1.54, 1.807) is 6.07 Å². The number of aromatic nitrogens is 1. The summed E-state index contributed by atoms with van der Waals surface area (Å²) in [6.45, 7) is 0. The predicted octanol–water partition coefficient (Wildman–Crippen LogP) is 5.06. The maximum Gasteiger partial charge on any atom is 0.377 e. The van der Waals surface area contributed by atoms with E-state index in [-0.39, 0.29) is 5.78 Å². The van der Waals surface area contributed by atoms with Crippen molar-refractivity contribution in [3.05, 3.63) is 90.5 Å². The number of nitrogens with one attached hydrogen (secondary N) is 1. The highest BCUT2D eigenvalue weighted by atomic mass is 16.1. The summed E-state index contributed by atoms with van der Waals surface area (Å²) in [5, 5.41) is 0.751. The van der Waals surface area contributed by atoms with Crippen LogP contribution in [0.5, 0.6) is 0 Å². The number of pyridine rings is 1. The number of hydrogen-bond acceptors (Lipinski definition) is 3. The topological polar surface area (TPSA) is 67.9 Å². The zero-order valence-corrected chi connectivity index (χ0v) is 14.5. The van der Waals surface area contributed by atoms with E-state index in [1.165, 1.54) is 0 Å². The molecule has 0 aliphatic carbocycles. The summed E-state index contributed by atoms with van der Waals surface area (Å²) < 4.78 is 0. The number of rotatable bonds is 4. The van der Waals surface area contributed by atoms with Crippen LogP contribution in [0, 0.1) is 5.53 Å². The number of hydrogen-bond donors (Lipinski definition) is 1. The van der Waals surface area contributed by atoms with Gasteiger partial charge in [0.05, 0.1) is 21.5 Å². The lowest BCUT2D eigenvalue weighted by Crippen LogP contribution is -2.04. The third kappa shape index (κ3) is 3.17. The summed E-state index contributed by atoms with van der Waals surface area (Å²) >= 11 is 0. The lowest BCUT2D eigenvalue weighted by atomic mass is 9.96. The van der Waals surface area contributed by atoms with Gasteiger partial charge in [0.15, 0.2) is 0 Å². The van der Waals surface area contributed by atoms with E-state index in [9.17, 15) is 4.79 Å². The van der Waals surface area contributed by atoms with Crippen LogP contribution >= 0.6 is 0 Å². The fourth-order valence-electron chi connectivity index (χ4n) is 3.19. The van der Waals surface area contributed by atoms with Crippen LogP contribution < -0.4 is 0 Å². The van der Waals surface area contributed by atoms with Crippen LogP contribution in [0.4, 0.5) is 0 Å². The monoisotopic (exact) mass is 350 g/mol. The molecule has 4 aromatic rings. The molecule has 128 valence electrons. The number of benzene rings is 3. The maximum absolute atomic E-state index is 12.6. The fourth-order valence-corrected chi connectivity index (χ4v) is 3.19. The van der Waals surface area contributed by atoms with Gasteiger partial charge in [-0.2, -0.15) is 0 Å². The molecule has 1 N–H and O–H groups in total. The van der Waals surface area contributed by atoms with Gasteiger partial charge in [0.2, 0.25) is 0 Å². The van der Waals surface area contributed by atoms with Crippen LogP contribution in [0.2, 0.25) is 0 Å². The van der Waals surface area contributed by atoms with Gasteiger partial charge in [-0.1, -0.05) is 78.9 Å². The Labute approximate surface area is 156 Å². The van der Waals surface area contributed by atoms with Gasteiger partial charge in [0, 0.05) is 22.1 Å². The molecule has 0 atom stereocenters. The van der Waals surface area contributed by atoms with E-state index in [1.807, 2.05) is 78.9 Å². The zero-order chi connectivity index (χ0) is 18.6. The molecule has 1 aromatic heterocycles. The first-order chi connectivity index (χ1) is 13.3. The second kappa shape index (κ2) is 7.16. The number of nitrogens with zero attached hydrogens (tertiary/aromatic N) is 2. The molecular weight excluding hydrogens is 334 g/mol. The van der Waals surface area contributed by atoms with E-state index in [4.69, 9.17) is 10.5 Å². The SMILES string of the molecule is N=[N+]=CC(=O)c1cc(-c2ccccc2)nc2c(-c3ccccc3)cccc12. The average Bonchev–Trinajstić information content (AvgIpc) is 2.74. The average molecular weight is 350 g/mol. The van der Waals surface area contributed by atoms with Crippen LogP contribution in [0.3, 0.4) is 0 Å². The minimum atomic E-state index is -0.306. The molecule has 0 amide bonds. The highest BCUT2D eigenvalue weighted by molar-refractivity contribution is 6.36. The Morgan fingerprint density at radius 3 is 2.19 bits per heavy atom. The van der Waals surface area contributed by atoms with Gasteiger partial charge in [-0.25, -0.2) is 4.98 Å². The van der Waals surface area contributed by atoms with Gasteiger partial charge in [-0.15, -0.1) is 0 Å². The molecule has 0 radical (unpaired) electrons. The largest absolute Gasteiger partial charge is 0.377 e. The second-order valence-electron chi connectivity index (χ2n) is 6.11. The molecule has 0 aliphatic rings. The molecule has 0 unspecified atom stereocenters. The molecule has 0 fully saturated rings. The summed E-state index contributed by atoms with van der Waals surface area (Å²) in [5.74, 6) is -0.306. The zero-order valence-electron chi connectivity index (χ0n) is 14.5. The molecule has 4 rings (SSSR count). The summed E-state index contributed by atoms with van der Waals surface area (Å²) in [7, 11) is 0. The highest BCUT2D eigenvalue weighted by Gasteiger charge is 2.18. The van der Waals surface area contributed by atoms with Gasteiger partial charge in [-0.05, 0) is 11.6 Å². The van der Waals surface area contributed by atoms with Crippen LogP contribution in [0.25, 0.3) is 33.3 Å². The van der Waals surface area contributed by atoms with E-state index in [0.29, 0.717) is 11.3 Å². The maximum atomic E-state index is 12.6. The Balaban J connectivity index is 2.07. The van der Waals surface area contributed by atoms with Gasteiger partial charge < -0.3 is 0 Å². The summed E-state index contributed by atoms with van der Waals surface area (Å²) in [5.41, 5.74) is 11.9. The van der Waals surface area contributed by atoms with Crippen molar-refractivity contribution >= 4 is 22.9 Å². The number of ketones is 1. The molecule has 0 aliphatic heterocycles. The van der Waals surface area contributed by atoms with E-state index in [2.05, 4.69) is 4.79 Å². The molecule has 1 heterocycles.